The van der Waals surface area contributed by atoms with E-state index >= 15 is 0 Å². The molecule has 4 aliphatic carbocycles. The maximum Gasteiger partial charge on any atom is 0.307 e. The van der Waals surface area contributed by atoms with Crippen molar-refractivity contribution in [2.75, 3.05) is 47.5 Å². The molecule has 4 saturated heterocycles. The van der Waals surface area contributed by atoms with E-state index in [9.17, 15) is 28.8 Å². The van der Waals surface area contributed by atoms with Crippen molar-refractivity contribution >= 4 is 58.3 Å². The number of aromatic amines is 2. The molecule has 16 rings (SSSR count). The molecule has 2 amide bonds. The van der Waals surface area contributed by atoms with Crippen LogP contribution in [0.1, 0.15) is 220 Å². The van der Waals surface area contributed by atoms with Gasteiger partial charge in [-0.1, -0.05) is 114 Å². The number of aliphatic carboxylic acids is 1. The second-order valence-corrected chi connectivity index (χ2v) is 32.7. The van der Waals surface area contributed by atoms with Gasteiger partial charge < -0.3 is 49.7 Å². The van der Waals surface area contributed by atoms with Crippen LogP contribution in [0.5, 0.6) is 0 Å². The van der Waals surface area contributed by atoms with Crippen molar-refractivity contribution in [3.8, 4) is 44.8 Å². The molecule has 6 aromatic rings. The van der Waals surface area contributed by atoms with Gasteiger partial charge in [0.15, 0.2) is 0 Å². The minimum atomic E-state index is -0.949. The summed E-state index contributed by atoms with van der Waals surface area (Å²) in [5.41, 5.74) is 23.2. The van der Waals surface area contributed by atoms with Crippen molar-refractivity contribution in [3.63, 3.8) is 0 Å². The lowest BCUT2D eigenvalue weighted by atomic mass is 9.73. The van der Waals surface area contributed by atoms with Crippen molar-refractivity contribution in [1.82, 2.24) is 40.4 Å². The highest BCUT2D eigenvalue weighted by molar-refractivity contribution is 6.05. The number of aromatic nitrogens is 4. The zero-order valence-electron chi connectivity index (χ0n) is 64.4. The van der Waals surface area contributed by atoms with Crippen LogP contribution in [0.25, 0.3) is 55.9 Å². The lowest BCUT2D eigenvalue weighted by Gasteiger charge is -2.31. The number of imidazole rings is 2. The molecule has 6 aliphatic heterocycles. The Balaban J connectivity index is 0.000000168. The summed E-state index contributed by atoms with van der Waals surface area (Å²) in [5, 5.41) is 15.8. The number of rotatable bonds is 22. The highest BCUT2D eigenvalue weighted by Crippen LogP contribution is 2.58. The molecule has 8 heterocycles. The fraction of sp³-hybridized carbons (Fsp3) is 0.523. The smallest absolute Gasteiger partial charge is 0.307 e. The van der Waals surface area contributed by atoms with E-state index in [0.717, 1.165) is 104 Å². The fourth-order valence-electron chi connectivity index (χ4n) is 18.9. The number of carbonyl (C=O) groups excluding carboxylic acids is 5. The average molecular weight is 1470 g/mol. The molecular weight excluding hydrogens is 1360 g/mol. The third-order valence-electron chi connectivity index (χ3n) is 25.5. The number of fused-ring (bicyclic) bond motifs is 6. The lowest BCUT2D eigenvalue weighted by molar-refractivity contribution is -0.151. The van der Waals surface area contributed by atoms with Crippen LogP contribution in [0.15, 0.2) is 108 Å². The van der Waals surface area contributed by atoms with Crippen molar-refractivity contribution in [2.45, 2.75) is 200 Å². The predicted molar refractivity (Wildman–Crippen MR) is 419 cm³/mol. The van der Waals surface area contributed by atoms with Gasteiger partial charge in [-0.25, -0.2) is 9.97 Å². The molecule has 4 aromatic carbocycles. The summed E-state index contributed by atoms with van der Waals surface area (Å²) >= 11 is 0. The van der Waals surface area contributed by atoms with E-state index in [-0.39, 0.29) is 72.9 Å². The Morgan fingerprint density at radius 3 is 1.33 bits per heavy atom. The number of esters is 3. The molecule has 570 valence electrons. The molecule has 20 heteroatoms. The summed E-state index contributed by atoms with van der Waals surface area (Å²) in [5.74, 6) is 1.46. The standard InChI is InChI=1S/C49H60N4O6.C31H34N6.C8H14O4/c1-28(2)38(24-45(54)58-5)48(56)52-19-7-9-43(52)41-22-33(26-50-41)30-11-13-31(14-12-30)36-18-17-35(40-21-32-15-16-37(32)47(36)40)34-23-42(51-27-34)44-10-8-20-53(44)49(57)39(29(3)4)25-46(55)59-6;1-3-25(32-13-1)30-34-16-27(36-30)19-7-5-18(6-8-19)21-11-12-23(24-15-20-9-10-22(20)29(21)24)28-17-35-31(37-28)26-4-2-14-33-26;1-5(2)6(8(10)11)4-7(9)12-3/h11-14,17-18,26-29,32,37-39,43-44H,7-10,15-16,19-25H2,1-6H3;5-8,11-12,16-17,20,22,25-26,32-33H,1-4,9-10,13-15H2,(H,34,36)(H,35,37);5-6H,4H2,1-3H3,(H,10,11)/t32?,37?,38-,39-,43-,44-;20?,22?,25-,26-;6-/m000/s1. The van der Waals surface area contributed by atoms with Crippen LogP contribution in [0, 0.1) is 47.3 Å². The van der Waals surface area contributed by atoms with Gasteiger partial charge >= 0.3 is 23.9 Å². The highest BCUT2D eigenvalue weighted by Gasteiger charge is 2.46. The molecule has 2 saturated carbocycles. The van der Waals surface area contributed by atoms with Gasteiger partial charge in [-0.05, 0) is 217 Å². The molecular formula is C88H108N10O10. The number of hydrogen-bond donors (Lipinski definition) is 5. The fourth-order valence-corrected chi connectivity index (χ4v) is 18.9. The number of amides is 2. The van der Waals surface area contributed by atoms with Crippen LogP contribution >= 0.6 is 0 Å². The largest absolute Gasteiger partial charge is 0.481 e. The first-order chi connectivity index (χ1) is 52.3. The molecule has 2 aromatic heterocycles. The first kappa shape index (κ1) is 75.7. The molecule has 4 unspecified atom stereocenters. The number of benzene rings is 4. The Kier molecular flexibility index (Phi) is 23.1. The van der Waals surface area contributed by atoms with E-state index < -0.39 is 29.7 Å². The van der Waals surface area contributed by atoms with Gasteiger partial charge in [0.1, 0.15) is 11.6 Å². The Morgan fingerprint density at radius 1 is 0.472 bits per heavy atom. The summed E-state index contributed by atoms with van der Waals surface area (Å²) in [6.45, 7) is 15.1. The monoisotopic (exact) mass is 1460 g/mol. The molecule has 0 bridgehead atoms. The van der Waals surface area contributed by atoms with E-state index in [1.54, 1.807) is 25.0 Å². The van der Waals surface area contributed by atoms with Gasteiger partial charge in [-0.3, -0.25) is 38.8 Å². The van der Waals surface area contributed by atoms with Crippen molar-refractivity contribution in [1.29, 1.82) is 0 Å². The molecule has 5 N–H and O–H groups in total. The van der Waals surface area contributed by atoms with Crippen molar-refractivity contribution in [3.05, 3.63) is 143 Å². The maximum atomic E-state index is 13.8. The predicted octanol–water partition coefficient (Wildman–Crippen LogP) is 15.4. The maximum absolute atomic E-state index is 13.8. The van der Waals surface area contributed by atoms with Crippen LogP contribution in [0.3, 0.4) is 0 Å². The summed E-state index contributed by atoms with van der Waals surface area (Å²) in [6.07, 6.45) is 25.5. The Bertz CT molecular complexity index is 4470. The first-order valence-electron chi connectivity index (χ1n) is 39.9. The van der Waals surface area contributed by atoms with Crippen molar-refractivity contribution < 1.29 is 48.1 Å². The second kappa shape index (κ2) is 33.0. The van der Waals surface area contributed by atoms with E-state index in [1.165, 1.54) is 134 Å². The number of allylic oxidation sites excluding steroid dienone is 2. The van der Waals surface area contributed by atoms with Crippen molar-refractivity contribution in [2.24, 2.45) is 57.3 Å². The number of methoxy groups -OCH3 is 3. The van der Waals surface area contributed by atoms with E-state index in [1.807, 2.05) is 56.1 Å². The number of ether oxygens (including phenoxy) is 3. The molecule has 6 fully saturated rings. The first-order valence-corrected chi connectivity index (χ1v) is 39.9. The second-order valence-electron chi connectivity index (χ2n) is 32.7. The molecule has 11 atom stereocenters. The van der Waals surface area contributed by atoms with Crippen LogP contribution in [0.4, 0.5) is 0 Å². The number of carboxylic acid groups (broad SMARTS) is 1. The summed E-state index contributed by atoms with van der Waals surface area (Å²) in [4.78, 5) is 104. The minimum Gasteiger partial charge on any atom is -0.481 e. The average Bonchev–Trinajstić information content (AvgIpc) is 1.58. The zero-order chi connectivity index (χ0) is 75.6. The number of likely N-dealkylation sites (tertiary alicyclic amines) is 2. The third kappa shape index (κ3) is 15.6. The topological polar surface area (TPSA) is 263 Å². The number of nitrogens with one attached hydrogen (secondary N) is 4. The molecule has 10 aliphatic rings. The van der Waals surface area contributed by atoms with E-state index in [4.69, 9.17) is 29.5 Å². The van der Waals surface area contributed by atoms with E-state index in [2.05, 4.69) is 109 Å². The third-order valence-corrected chi connectivity index (χ3v) is 25.5. The summed E-state index contributed by atoms with van der Waals surface area (Å²) < 4.78 is 14.2. The van der Waals surface area contributed by atoms with Crippen LogP contribution in [-0.4, -0.2) is 142 Å². The zero-order valence-corrected chi connectivity index (χ0v) is 64.4. The number of nitrogens with zero attached hydrogens (tertiary/aromatic N) is 6. The van der Waals surface area contributed by atoms with Gasteiger partial charge in [-0.2, -0.15) is 0 Å². The molecule has 20 nitrogen and oxygen atoms in total. The number of hydrogen-bond acceptors (Lipinski definition) is 15. The minimum absolute atomic E-state index is 0.0265. The van der Waals surface area contributed by atoms with Gasteiger partial charge in [-0.15, -0.1) is 0 Å². The van der Waals surface area contributed by atoms with Crippen LogP contribution < -0.4 is 10.6 Å². The van der Waals surface area contributed by atoms with Gasteiger partial charge in [0.05, 0.1) is 106 Å². The number of carbonyl (C=O) groups is 6. The van der Waals surface area contributed by atoms with Crippen LogP contribution in [0.2, 0.25) is 0 Å². The molecule has 108 heavy (non-hydrogen) atoms. The van der Waals surface area contributed by atoms with E-state index in [0.29, 0.717) is 49.3 Å². The Labute approximate surface area is 635 Å². The molecule has 0 spiro atoms. The Hall–Kier alpha value is -9.14. The molecule has 0 radical (unpaired) electrons. The van der Waals surface area contributed by atoms with Gasteiger partial charge in [0.2, 0.25) is 11.8 Å². The Morgan fingerprint density at radius 2 is 0.889 bits per heavy atom. The normalized spacial score (nSPS) is 23.7. The number of H-pyrrole nitrogens is 2. The van der Waals surface area contributed by atoms with Crippen LogP contribution in [-0.2, 0) is 55.8 Å². The highest BCUT2D eigenvalue weighted by atomic mass is 16.5. The number of aliphatic imine (C=N–C) groups is 2. The summed E-state index contributed by atoms with van der Waals surface area (Å²) in [7, 11) is 4.01. The quantitative estimate of drug-likeness (QED) is 0.0313. The number of carboxylic acids is 1. The van der Waals surface area contributed by atoms with Gasteiger partial charge in [0, 0.05) is 55.3 Å². The lowest BCUT2D eigenvalue weighted by Crippen LogP contribution is -2.45. The summed E-state index contributed by atoms with van der Waals surface area (Å²) in [6, 6.07) is 28.0. The van der Waals surface area contributed by atoms with Gasteiger partial charge in [0.25, 0.3) is 0 Å². The SMILES string of the molecule is COC(=O)C[C@H](C(=O)N1CCC[C@H]1C1=NC=C(c2ccc(-c3ccc(C4=CN=C([C@@H]5CCCN5C(=O)[C@@H](CC(=O)OC)C(C)C)C4)c4c3C3CCC3C4)cc2)C1)C(C)C.COC(=O)C[C@H](C(=O)O)C(C)C.c1cc(-c2ccc(-c3cnc([C@@H]4CCCN4)[nH]3)c3c2C2CCC2C3)ccc1-c1cnc([C@@H]2CCCN2)[nH]1.